The standard InChI is InChI=1S/C12H18N6OS/c1-3-5-8-9(13)14-7-15-10(8)20-12-17-16-11(19)18(12)6-4-2/h7H,3-6H2,1-2H3,(H,16,19)(H2,13,14,15). The quantitative estimate of drug-likeness (QED) is 0.782. The maximum Gasteiger partial charge on any atom is 0.343 e. The predicted molar refractivity (Wildman–Crippen MR) is 77.7 cm³/mol. The number of nitrogens with one attached hydrogen (secondary N) is 1. The van der Waals surface area contributed by atoms with Crippen molar-refractivity contribution < 1.29 is 0 Å². The van der Waals surface area contributed by atoms with Crippen molar-refractivity contribution in [2.45, 2.75) is 49.8 Å². The number of nitrogens with zero attached hydrogens (tertiary/aromatic N) is 4. The van der Waals surface area contributed by atoms with E-state index >= 15 is 0 Å². The Kier molecular flexibility index (Phi) is 4.78. The van der Waals surface area contributed by atoms with E-state index in [2.05, 4.69) is 27.1 Å². The highest BCUT2D eigenvalue weighted by Crippen LogP contribution is 2.29. The molecule has 0 atom stereocenters. The maximum absolute atomic E-state index is 11.7. The van der Waals surface area contributed by atoms with Gasteiger partial charge < -0.3 is 5.73 Å². The van der Waals surface area contributed by atoms with Crippen molar-refractivity contribution in [1.29, 1.82) is 0 Å². The average molecular weight is 294 g/mol. The first-order valence-electron chi connectivity index (χ1n) is 6.59. The van der Waals surface area contributed by atoms with Gasteiger partial charge in [0.05, 0.1) is 0 Å². The Morgan fingerprint density at radius 2 is 2.15 bits per heavy atom. The zero-order valence-electron chi connectivity index (χ0n) is 11.6. The van der Waals surface area contributed by atoms with Crippen LogP contribution in [-0.4, -0.2) is 24.7 Å². The molecular formula is C12H18N6OS. The second-order valence-corrected chi connectivity index (χ2v) is 5.31. The lowest BCUT2D eigenvalue weighted by Crippen LogP contribution is -2.17. The molecule has 20 heavy (non-hydrogen) atoms. The Labute approximate surface area is 121 Å². The molecule has 0 fully saturated rings. The lowest BCUT2D eigenvalue weighted by Gasteiger charge is -2.09. The third-order valence-corrected chi connectivity index (χ3v) is 3.84. The molecule has 0 radical (unpaired) electrons. The Morgan fingerprint density at radius 1 is 1.35 bits per heavy atom. The topological polar surface area (TPSA) is 102 Å². The molecule has 8 heteroatoms. The van der Waals surface area contributed by atoms with Crippen LogP contribution in [0, 0.1) is 0 Å². The number of H-pyrrole nitrogens is 1. The van der Waals surface area contributed by atoms with Gasteiger partial charge in [-0.3, -0.25) is 4.57 Å². The lowest BCUT2D eigenvalue weighted by atomic mass is 10.2. The van der Waals surface area contributed by atoms with Crippen molar-refractivity contribution in [1.82, 2.24) is 24.7 Å². The molecular weight excluding hydrogens is 276 g/mol. The molecule has 0 aliphatic carbocycles. The van der Waals surface area contributed by atoms with E-state index in [4.69, 9.17) is 5.73 Å². The van der Waals surface area contributed by atoms with E-state index in [1.807, 2.05) is 6.92 Å². The summed E-state index contributed by atoms with van der Waals surface area (Å²) >= 11 is 1.35. The largest absolute Gasteiger partial charge is 0.383 e. The molecule has 0 amide bonds. The maximum atomic E-state index is 11.7. The molecule has 0 unspecified atom stereocenters. The Balaban J connectivity index is 2.35. The monoisotopic (exact) mass is 294 g/mol. The van der Waals surface area contributed by atoms with E-state index in [-0.39, 0.29) is 5.69 Å². The number of hydrogen-bond acceptors (Lipinski definition) is 6. The van der Waals surface area contributed by atoms with Crippen LogP contribution in [0.25, 0.3) is 0 Å². The molecule has 2 heterocycles. The summed E-state index contributed by atoms with van der Waals surface area (Å²) in [5.41, 5.74) is 6.62. The van der Waals surface area contributed by atoms with Crippen LogP contribution in [0.4, 0.5) is 5.82 Å². The fourth-order valence-corrected chi connectivity index (χ4v) is 2.85. The molecule has 0 saturated heterocycles. The van der Waals surface area contributed by atoms with Gasteiger partial charge in [0.2, 0.25) is 0 Å². The van der Waals surface area contributed by atoms with Crippen LogP contribution in [0.3, 0.4) is 0 Å². The molecule has 2 rings (SSSR count). The molecule has 0 aromatic carbocycles. The van der Waals surface area contributed by atoms with Crippen LogP contribution in [-0.2, 0) is 13.0 Å². The highest BCUT2D eigenvalue weighted by atomic mass is 32.2. The normalized spacial score (nSPS) is 10.9. The first-order valence-corrected chi connectivity index (χ1v) is 7.41. The minimum Gasteiger partial charge on any atom is -0.383 e. The van der Waals surface area contributed by atoms with Gasteiger partial charge in [-0.05, 0) is 24.6 Å². The van der Waals surface area contributed by atoms with Crippen LogP contribution in [0.2, 0.25) is 0 Å². The van der Waals surface area contributed by atoms with Gasteiger partial charge in [0.25, 0.3) is 0 Å². The van der Waals surface area contributed by atoms with Gasteiger partial charge in [-0.1, -0.05) is 20.3 Å². The van der Waals surface area contributed by atoms with Crippen molar-refractivity contribution in [3.05, 3.63) is 22.4 Å². The van der Waals surface area contributed by atoms with Gasteiger partial charge >= 0.3 is 5.69 Å². The molecule has 0 spiro atoms. The number of aromatic nitrogens is 5. The van der Waals surface area contributed by atoms with E-state index in [0.717, 1.165) is 29.9 Å². The van der Waals surface area contributed by atoms with Crippen LogP contribution >= 0.6 is 11.8 Å². The van der Waals surface area contributed by atoms with E-state index in [1.54, 1.807) is 4.57 Å². The molecule has 0 saturated carbocycles. The van der Waals surface area contributed by atoms with E-state index in [9.17, 15) is 4.79 Å². The van der Waals surface area contributed by atoms with Gasteiger partial charge in [0, 0.05) is 12.1 Å². The summed E-state index contributed by atoms with van der Waals surface area (Å²) in [4.78, 5) is 20.0. The fraction of sp³-hybridized carbons (Fsp3) is 0.500. The number of anilines is 1. The number of aromatic amines is 1. The number of nitrogens with two attached hydrogens (primary N) is 1. The summed E-state index contributed by atoms with van der Waals surface area (Å²) in [6.45, 7) is 4.71. The van der Waals surface area contributed by atoms with Gasteiger partial charge in [-0.15, -0.1) is 5.10 Å². The summed E-state index contributed by atoms with van der Waals surface area (Å²) in [7, 11) is 0. The molecule has 0 bridgehead atoms. The van der Waals surface area contributed by atoms with Crippen molar-refractivity contribution >= 4 is 17.6 Å². The molecule has 0 aliphatic rings. The number of hydrogen-bond donors (Lipinski definition) is 2. The minimum absolute atomic E-state index is 0.201. The third kappa shape index (κ3) is 3.01. The highest BCUT2D eigenvalue weighted by molar-refractivity contribution is 7.99. The van der Waals surface area contributed by atoms with Gasteiger partial charge in [0.1, 0.15) is 17.2 Å². The highest BCUT2D eigenvalue weighted by Gasteiger charge is 2.15. The Morgan fingerprint density at radius 3 is 2.85 bits per heavy atom. The SMILES string of the molecule is CCCc1c(N)ncnc1Sc1n[nH]c(=O)n1CCC. The van der Waals surface area contributed by atoms with Gasteiger partial charge in [-0.2, -0.15) is 0 Å². The number of rotatable bonds is 6. The van der Waals surface area contributed by atoms with Crippen LogP contribution in [0.1, 0.15) is 32.3 Å². The van der Waals surface area contributed by atoms with Crippen LogP contribution in [0.5, 0.6) is 0 Å². The third-order valence-electron chi connectivity index (χ3n) is 2.80. The van der Waals surface area contributed by atoms with Crippen molar-refractivity contribution in [3.8, 4) is 0 Å². The second kappa shape index (κ2) is 6.56. The smallest absolute Gasteiger partial charge is 0.343 e. The zero-order chi connectivity index (χ0) is 14.5. The van der Waals surface area contributed by atoms with Crippen molar-refractivity contribution in [2.75, 3.05) is 5.73 Å². The minimum atomic E-state index is -0.201. The summed E-state index contributed by atoms with van der Waals surface area (Å²) in [5, 5.41) is 7.88. The fourth-order valence-electron chi connectivity index (χ4n) is 1.87. The van der Waals surface area contributed by atoms with E-state index < -0.39 is 0 Å². The zero-order valence-corrected chi connectivity index (χ0v) is 12.4. The second-order valence-electron chi connectivity index (χ2n) is 4.36. The van der Waals surface area contributed by atoms with Gasteiger partial charge in [0.15, 0.2) is 5.16 Å². The summed E-state index contributed by atoms with van der Waals surface area (Å²) in [6, 6.07) is 0. The van der Waals surface area contributed by atoms with Crippen LogP contribution in [0.15, 0.2) is 21.3 Å². The summed E-state index contributed by atoms with van der Waals surface area (Å²) in [6.07, 6.45) is 4.05. The van der Waals surface area contributed by atoms with Crippen molar-refractivity contribution in [2.24, 2.45) is 0 Å². The van der Waals surface area contributed by atoms with Crippen LogP contribution < -0.4 is 11.4 Å². The molecule has 0 aliphatic heterocycles. The summed E-state index contributed by atoms with van der Waals surface area (Å²) in [5.74, 6) is 0.490. The Bertz CT molecular complexity index is 635. The predicted octanol–water partition coefficient (Wildman–Crippen LogP) is 1.46. The molecule has 2 aromatic heterocycles. The summed E-state index contributed by atoms with van der Waals surface area (Å²) < 4.78 is 1.61. The molecule has 108 valence electrons. The lowest BCUT2D eigenvalue weighted by molar-refractivity contribution is 0.603. The Hall–Kier alpha value is -1.83. The molecule has 3 N–H and O–H groups in total. The number of nitrogen functional groups attached to an aromatic ring is 1. The van der Waals surface area contributed by atoms with E-state index in [1.165, 1.54) is 18.1 Å². The van der Waals surface area contributed by atoms with E-state index in [0.29, 0.717) is 17.5 Å². The molecule has 2 aromatic rings. The van der Waals surface area contributed by atoms with Gasteiger partial charge in [-0.25, -0.2) is 19.9 Å². The van der Waals surface area contributed by atoms with Crippen molar-refractivity contribution in [3.63, 3.8) is 0 Å². The average Bonchev–Trinajstić information content (AvgIpc) is 2.76. The first kappa shape index (κ1) is 14.6. The first-order chi connectivity index (χ1) is 9.67. The molecule has 7 nitrogen and oxygen atoms in total.